The Morgan fingerprint density at radius 2 is 1.43 bits per heavy atom. The van der Waals surface area contributed by atoms with Crippen molar-refractivity contribution in [2.45, 2.75) is 73.1 Å². The van der Waals surface area contributed by atoms with Crippen molar-refractivity contribution < 1.29 is 0 Å². The van der Waals surface area contributed by atoms with E-state index in [0.29, 0.717) is 0 Å². The zero-order valence-corrected chi connectivity index (χ0v) is 11.0. The highest BCUT2D eigenvalue weighted by molar-refractivity contribution is 4.66. The van der Waals surface area contributed by atoms with Crippen molar-refractivity contribution in [1.82, 2.24) is 0 Å². The first-order valence-corrected chi connectivity index (χ1v) is 6.65. The molecule has 0 aromatic rings. The summed E-state index contributed by atoms with van der Waals surface area (Å²) >= 11 is 0. The normalized spacial score (nSPS) is 15.9. The van der Waals surface area contributed by atoms with Crippen LogP contribution in [-0.4, -0.2) is 0 Å². The van der Waals surface area contributed by atoms with E-state index in [9.17, 15) is 0 Å². The lowest BCUT2D eigenvalue weighted by Gasteiger charge is -2.23. The lowest BCUT2D eigenvalue weighted by atomic mass is 9.82. The zero-order valence-electron chi connectivity index (χ0n) is 11.0. The van der Waals surface area contributed by atoms with Crippen LogP contribution in [0.5, 0.6) is 0 Å². The van der Waals surface area contributed by atoms with Crippen molar-refractivity contribution in [1.29, 1.82) is 0 Å². The van der Waals surface area contributed by atoms with Crippen LogP contribution in [-0.2, 0) is 0 Å². The molecule has 86 valence electrons. The van der Waals surface area contributed by atoms with E-state index < -0.39 is 0 Å². The third-order valence-electron chi connectivity index (χ3n) is 3.84. The Morgan fingerprint density at radius 3 is 1.86 bits per heavy atom. The molecule has 0 N–H and O–H groups in total. The van der Waals surface area contributed by atoms with Crippen molar-refractivity contribution in [2.75, 3.05) is 0 Å². The second-order valence-corrected chi connectivity index (χ2v) is 5.02. The standard InChI is InChI=1S/C14H30/c1-6-9-10-12(4)13(5)11-14(7-2)8-3/h12-14H,6-11H2,1-5H3. The van der Waals surface area contributed by atoms with Crippen molar-refractivity contribution in [2.24, 2.45) is 17.8 Å². The van der Waals surface area contributed by atoms with Gasteiger partial charge >= 0.3 is 0 Å². The second-order valence-electron chi connectivity index (χ2n) is 5.02. The Balaban J connectivity index is 3.74. The Kier molecular flexibility index (Phi) is 8.32. The average Bonchev–Trinajstić information content (AvgIpc) is 2.21. The Labute approximate surface area is 91.5 Å². The molecule has 0 saturated carbocycles. The van der Waals surface area contributed by atoms with Gasteiger partial charge in [0, 0.05) is 0 Å². The van der Waals surface area contributed by atoms with Crippen molar-refractivity contribution >= 4 is 0 Å². The SMILES string of the molecule is CCCCC(C)C(C)CC(CC)CC. The molecule has 0 heterocycles. The van der Waals surface area contributed by atoms with Crippen LogP contribution in [0.25, 0.3) is 0 Å². The monoisotopic (exact) mass is 198 g/mol. The van der Waals surface area contributed by atoms with Crippen LogP contribution in [0.2, 0.25) is 0 Å². The molecule has 0 aromatic carbocycles. The van der Waals surface area contributed by atoms with E-state index in [-0.39, 0.29) is 0 Å². The Bertz CT molecular complexity index is 113. The molecule has 0 radical (unpaired) electrons. The van der Waals surface area contributed by atoms with Gasteiger partial charge in [-0.25, -0.2) is 0 Å². The summed E-state index contributed by atoms with van der Waals surface area (Å²) in [6.45, 7) is 11.8. The first kappa shape index (κ1) is 14.0. The number of hydrogen-bond donors (Lipinski definition) is 0. The molecule has 0 aromatic heterocycles. The number of rotatable bonds is 8. The highest BCUT2D eigenvalue weighted by Crippen LogP contribution is 2.27. The highest BCUT2D eigenvalue weighted by Gasteiger charge is 2.15. The van der Waals surface area contributed by atoms with Crippen LogP contribution in [0, 0.1) is 17.8 Å². The quantitative estimate of drug-likeness (QED) is 0.498. The maximum Gasteiger partial charge on any atom is -0.0414 e. The maximum absolute atomic E-state index is 2.44. The van der Waals surface area contributed by atoms with Crippen LogP contribution in [0.4, 0.5) is 0 Å². The Morgan fingerprint density at radius 1 is 0.857 bits per heavy atom. The van der Waals surface area contributed by atoms with Crippen LogP contribution in [0.1, 0.15) is 73.1 Å². The molecule has 0 bridgehead atoms. The molecule has 0 heteroatoms. The molecule has 0 aliphatic heterocycles. The van der Waals surface area contributed by atoms with Crippen LogP contribution in [0.3, 0.4) is 0 Å². The van der Waals surface area contributed by atoms with E-state index in [0.717, 1.165) is 17.8 Å². The molecule has 0 fully saturated rings. The first-order chi connectivity index (χ1) is 6.65. The summed E-state index contributed by atoms with van der Waals surface area (Å²) in [5, 5.41) is 0. The van der Waals surface area contributed by atoms with Gasteiger partial charge in [-0.2, -0.15) is 0 Å². The largest absolute Gasteiger partial charge is 0.0654 e. The summed E-state index contributed by atoms with van der Waals surface area (Å²) in [5.74, 6) is 2.82. The van der Waals surface area contributed by atoms with E-state index in [1.165, 1.54) is 38.5 Å². The summed E-state index contributed by atoms with van der Waals surface area (Å²) < 4.78 is 0. The van der Waals surface area contributed by atoms with Crippen LogP contribution >= 0.6 is 0 Å². The molecule has 0 rings (SSSR count). The molecule has 14 heavy (non-hydrogen) atoms. The molecule has 2 atom stereocenters. The van der Waals surface area contributed by atoms with E-state index in [4.69, 9.17) is 0 Å². The smallest absolute Gasteiger partial charge is 0.0414 e. The summed E-state index contributed by atoms with van der Waals surface area (Å²) in [4.78, 5) is 0. The summed E-state index contributed by atoms with van der Waals surface area (Å²) in [6, 6.07) is 0. The van der Waals surface area contributed by atoms with Crippen molar-refractivity contribution in [3.05, 3.63) is 0 Å². The van der Waals surface area contributed by atoms with Crippen molar-refractivity contribution in [3.63, 3.8) is 0 Å². The minimum absolute atomic E-state index is 0.923. The van der Waals surface area contributed by atoms with E-state index in [1.807, 2.05) is 0 Å². The predicted molar refractivity (Wildman–Crippen MR) is 66.5 cm³/mol. The predicted octanol–water partition coefficient (Wildman–Crippen LogP) is 5.28. The van der Waals surface area contributed by atoms with E-state index in [1.54, 1.807) is 0 Å². The molecule has 0 saturated heterocycles. The van der Waals surface area contributed by atoms with Gasteiger partial charge < -0.3 is 0 Å². The van der Waals surface area contributed by atoms with Gasteiger partial charge in [0.05, 0.1) is 0 Å². The van der Waals surface area contributed by atoms with Gasteiger partial charge in [0.2, 0.25) is 0 Å². The second kappa shape index (κ2) is 8.32. The lowest BCUT2D eigenvalue weighted by Crippen LogP contribution is -2.12. The fourth-order valence-corrected chi connectivity index (χ4v) is 2.19. The molecule has 0 nitrogen and oxygen atoms in total. The van der Waals surface area contributed by atoms with Gasteiger partial charge in [-0.3, -0.25) is 0 Å². The maximum atomic E-state index is 2.44. The first-order valence-electron chi connectivity index (χ1n) is 6.65. The van der Waals surface area contributed by atoms with Crippen LogP contribution in [0.15, 0.2) is 0 Å². The van der Waals surface area contributed by atoms with Gasteiger partial charge in [-0.05, 0) is 24.2 Å². The highest BCUT2D eigenvalue weighted by atomic mass is 14.2. The minimum Gasteiger partial charge on any atom is -0.0654 e. The molecular formula is C14H30. The third kappa shape index (κ3) is 5.67. The van der Waals surface area contributed by atoms with Gasteiger partial charge in [0.1, 0.15) is 0 Å². The minimum atomic E-state index is 0.923. The molecule has 0 aliphatic rings. The average molecular weight is 198 g/mol. The topological polar surface area (TPSA) is 0 Å². The zero-order chi connectivity index (χ0) is 11.0. The van der Waals surface area contributed by atoms with E-state index >= 15 is 0 Å². The molecular weight excluding hydrogens is 168 g/mol. The fraction of sp³-hybridized carbons (Fsp3) is 1.00. The summed E-state index contributed by atoms with van der Waals surface area (Å²) in [6.07, 6.45) is 8.36. The summed E-state index contributed by atoms with van der Waals surface area (Å²) in [5.41, 5.74) is 0. The van der Waals surface area contributed by atoms with Gasteiger partial charge in [0.15, 0.2) is 0 Å². The van der Waals surface area contributed by atoms with Gasteiger partial charge in [-0.15, -0.1) is 0 Å². The molecule has 0 spiro atoms. The summed E-state index contributed by atoms with van der Waals surface area (Å²) in [7, 11) is 0. The van der Waals surface area contributed by atoms with Crippen LogP contribution < -0.4 is 0 Å². The molecule has 2 unspecified atom stereocenters. The van der Waals surface area contributed by atoms with E-state index in [2.05, 4.69) is 34.6 Å². The molecule has 0 amide bonds. The Hall–Kier alpha value is 0. The lowest BCUT2D eigenvalue weighted by molar-refractivity contribution is 0.277. The molecule has 0 aliphatic carbocycles. The van der Waals surface area contributed by atoms with Crippen molar-refractivity contribution in [3.8, 4) is 0 Å². The fourth-order valence-electron chi connectivity index (χ4n) is 2.19. The number of unbranched alkanes of at least 4 members (excludes halogenated alkanes) is 1. The van der Waals surface area contributed by atoms with Gasteiger partial charge in [-0.1, -0.05) is 66.7 Å². The number of hydrogen-bond acceptors (Lipinski definition) is 0. The third-order valence-corrected chi connectivity index (χ3v) is 3.84. The van der Waals surface area contributed by atoms with Gasteiger partial charge in [0.25, 0.3) is 0 Å².